The molecule has 26 heavy (non-hydrogen) atoms. The fourth-order valence-corrected chi connectivity index (χ4v) is 3.44. The topological polar surface area (TPSA) is 53.8 Å². The molecule has 4 nitrogen and oxygen atoms in total. The molecule has 1 N–H and O–H groups in total. The number of rotatable bonds is 4. The third-order valence-corrected chi connectivity index (χ3v) is 4.72. The van der Waals surface area contributed by atoms with Gasteiger partial charge in [0, 0.05) is 11.3 Å². The van der Waals surface area contributed by atoms with Crippen molar-refractivity contribution in [2.45, 2.75) is 26.4 Å². The van der Waals surface area contributed by atoms with Crippen LogP contribution < -0.4 is 5.32 Å². The van der Waals surface area contributed by atoms with Gasteiger partial charge in [-0.15, -0.1) is 0 Å². The molecule has 1 amide bonds. The molecule has 0 saturated heterocycles. The number of hydrogen-bond donors (Lipinski definition) is 1. The Morgan fingerprint density at radius 2 is 1.73 bits per heavy atom. The minimum atomic E-state index is -0.584. The Morgan fingerprint density at radius 1 is 1.08 bits per heavy atom. The number of amides is 1. The second-order valence-corrected chi connectivity index (χ2v) is 7.55. The molecule has 134 valence electrons. The highest BCUT2D eigenvalue weighted by molar-refractivity contribution is 8.16. The molecule has 0 bridgehead atoms. The van der Waals surface area contributed by atoms with Gasteiger partial charge in [0.15, 0.2) is 0 Å². The first-order valence-corrected chi connectivity index (χ1v) is 9.26. The quantitative estimate of drug-likeness (QED) is 0.866. The van der Waals surface area contributed by atoms with Gasteiger partial charge in [-0.3, -0.25) is 9.79 Å². The van der Waals surface area contributed by atoms with Crippen molar-refractivity contribution in [3.63, 3.8) is 0 Å². The van der Waals surface area contributed by atoms with Gasteiger partial charge in [-0.25, -0.2) is 9.38 Å². The number of aliphatic imine (C=N–C) groups is 2. The number of nitrogens with one attached hydrogen (secondary N) is 1. The molecular weight excluding hydrogens is 349 g/mol. The van der Waals surface area contributed by atoms with E-state index in [1.165, 1.54) is 23.9 Å². The minimum absolute atomic E-state index is 0.107. The second kappa shape index (κ2) is 7.41. The first-order valence-electron chi connectivity index (χ1n) is 8.28. The van der Waals surface area contributed by atoms with Gasteiger partial charge in [0.1, 0.15) is 16.5 Å². The van der Waals surface area contributed by atoms with E-state index in [9.17, 15) is 9.18 Å². The van der Waals surface area contributed by atoms with Crippen molar-refractivity contribution in [1.82, 2.24) is 0 Å². The Kier molecular flexibility index (Phi) is 5.23. The summed E-state index contributed by atoms with van der Waals surface area (Å²) in [7, 11) is 0. The van der Waals surface area contributed by atoms with Gasteiger partial charge in [-0.2, -0.15) is 0 Å². The van der Waals surface area contributed by atoms with E-state index >= 15 is 0 Å². The molecule has 0 saturated carbocycles. The molecule has 2 aromatic carbocycles. The van der Waals surface area contributed by atoms with Crippen LogP contribution in [0.4, 0.5) is 10.1 Å². The Balaban J connectivity index is 1.67. The molecular formula is C20H20FN3OS. The van der Waals surface area contributed by atoms with E-state index in [0.29, 0.717) is 10.8 Å². The average molecular weight is 369 g/mol. The van der Waals surface area contributed by atoms with Gasteiger partial charge < -0.3 is 5.32 Å². The number of hydrogen-bond acceptors (Lipinski definition) is 4. The number of anilines is 1. The monoisotopic (exact) mass is 369 g/mol. The smallest absolute Gasteiger partial charge is 0.234 e. The lowest BCUT2D eigenvalue weighted by atomic mass is 10.1. The van der Waals surface area contributed by atoms with Gasteiger partial charge in [-0.1, -0.05) is 29.5 Å². The number of benzene rings is 2. The maximum atomic E-state index is 13.2. The largest absolute Gasteiger partial charge is 0.325 e. The molecule has 0 atom stereocenters. The summed E-state index contributed by atoms with van der Waals surface area (Å²) >= 11 is 1.34. The minimum Gasteiger partial charge on any atom is -0.325 e. The first-order chi connectivity index (χ1) is 12.3. The lowest BCUT2D eigenvalue weighted by Crippen LogP contribution is -2.17. The standard InChI is InChI=1S/C20H20FN3OS/c1-13-4-10-16(11-5-13)22-17(25)12-26-19-18(23-20(2,3)24-19)14-6-8-15(21)9-7-14/h4-11H,12H2,1-3H3,(H,22,25). The lowest BCUT2D eigenvalue weighted by Gasteiger charge is -2.07. The Morgan fingerprint density at radius 3 is 2.38 bits per heavy atom. The van der Waals surface area contributed by atoms with Crippen LogP contribution in [0.2, 0.25) is 0 Å². The predicted octanol–water partition coefficient (Wildman–Crippen LogP) is 4.44. The lowest BCUT2D eigenvalue weighted by molar-refractivity contribution is -0.113. The highest BCUT2D eigenvalue weighted by Gasteiger charge is 2.28. The van der Waals surface area contributed by atoms with Crippen molar-refractivity contribution in [3.8, 4) is 0 Å². The van der Waals surface area contributed by atoms with E-state index in [2.05, 4.69) is 15.3 Å². The molecule has 0 fully saturated rings. The highest BCUT2D eigenvalue weighted by Crippen LogP contribution is 2.27. The van der Waals surface area contributed by atoms with E-state index < -0.39 is 5.66 Å². The molecule has 1 heterocycles. The maximum Gasteiger partial charge on any atom is 0.234 e. The second-order valence-electron chi connectivity index (χ2n) is 6.58. The SMILES string of the molecule is Cc1ccc(NC(=O)CSC2=NC(C)(C)N=C2c2ccc(F)cc2)cc1. The summed E-state index contributed by atoms with van der Waals surface area (Å²) in [5.74, 6) is -0.178. The van der Waals surface area contributed by atoms with E-state index in [1.807, 2.05) is 45.0 Å². The maximum absolute atomic E-state index is 13.2. The predicted molar refractivity (Wildman–Crippen MR) is 107 cm³/mol. The molecule has 0 radical (unpaired) electrons. The van der Waals surface area contributed by atoms with E-state index in [1.54, 1.807) is 12.1 Å². The zero-order valence-corrected chi connectivity index (χ0v) is 15.7. The van der Waals surface area contributed by atoms with Crippen molar-refractivity contribution in [3.05, 3.63) is 65.5 Å². The zero-order valence-electron chi connectivity index (χ0n) is 14.9. The molecule has 2 aromatic rings. The number of thioether (sulfide) groups is 1. The number of aryl methyl sites for hydroxylation is 1. The molecule has 0 spiro atoms. The summed E-state index contributed by atoms with van der Waals surface area (Å²) in [6.07, 6.45) is 0. The summed E-state index contributed by atoms with van der Waals surface area (Å²) in [4.78, 5) is 21.4. The van der Waals surface area contributed by atoms with Gasteiger partial charge >= 0.3 is 0 Å². The van der Waals surface area contributed by atoms with Crippen molar-refractivity contribution in [2.24, 2.45) is 9.98 Å². The molecule has 0 aromatic heterocycles. The normalized spacial score (nSPS) is 15.4. The summed E-state index contributed by atoms with van der Waals surface area (Å²) in [5, 5.41) is 3.57. The van der Waals surface area contributed by atoms with Crippen LogP contribution in [0.25, 0.3) is 0 Å². The summed E-state index contributed by atoms with van der Waals surface area (Å²) in [6.45, 7) is 5.80. The van der Waals surface area contributed by atoms with Gasteiger partial charge in [0.05, 0.1) is 11.5 Å². The van der Waals surface area contributed by atoms with Crippen LogP contribution in [0, 0.1) is 12.7 Å². The first kappa shape index (κ1) is 18.3. The van der Waals surface area contributed by atoms with Crippen molar-refractivity contribution >= 4 is 34.1 Å². The van der Waals surface area contributed by atoms with Crippen LogP contribution in [0.1, 0.15) is 25.0 Å². The van der Waals surface area contributed by atoms with Crippen LogP contribution in [0.3, 0.4) is 0 Å². The fraction of sp³-hybridized carbons (Fsp3) is 0.250. The molecule has 1 aliphatic rings. The molecule has 1 aliphatic heterocycles. The third-order valence-electron chi connectivity index (χ3n) is 3.76. The fourth-order valence-electron chi connectivity index (χ4n) is 2.51. The summed E-state index contributed by atoms with van der Waals surface area (Å²) in [5.41, 5.74) is 2.81. The van der Waals surface area contributed by atoms with Crippen LogP contribution in [-0.4, -0.2) is 28.1 Å². The van der Waals surface area contributed by atoms with Gasteiger partial charge in [0.25, 0.3) is 0 Å². The summed E-state index contributed by atoms with van der Waals surface area (Å²) < 4.78 is 13.2. The zero-order chi connectivity index (χ0) is 18.7. The number of carbonyl (C=O) groups is 1. The molecule has 0 unspecified atom stereocenters. The molecule has 0 aliphatic carbocycles. The van der Waals surface area contributed by atoms with Gasteiger partial charge in [0.2, 0.25) is 5.91 Å². The number of halogens is 1. The Bertz CT molecular complexity index is 871. The van der Waals surface area contributed by atoms with Crippen LogP contribution >= 0.6 is 11.8 Å². The van der Waals surface area contributed by atoms with Crippen molar-refractivity contribution in [2.75, 3.05) is 11.1 Å². The van der Waals surface area contributed by atoms with Gasteiger partial charge in [-0.05, 0) is 57.2 Å². The van der Waals surface area contributed by atoms with Crippen molar-refractivity contribution in [1.29, 1.82) is 0 Å². The van der Waals surface area contributed by atoms with Crippen LogP contribution in [-0.2, 0) is 4.79 Å². The van der Waals surface area contributed by atoms with E-state index in [4.69, 9.17) is 0 Å². The number of nitrogens with zero attached hydrogens (tertiary/aromatic N) is 2. The van der Waals surface area contributed by atoms with Crippen LogP contribution in [0.15, 0.2) is 58.5 Å². The summed E-state index contributed by atoms with van der Waals surface area (Å²) in [6, 6.07) is 13.8. The Hall–Kier alpha value is -2.47. The average Bonchev–Trinajstić information content (AvgIpc) is 2.91. The van der Waals surface area contributed by atoms with Crippen LogP contribution in [0.5, 0.6) is 0 Å². The molecule has 6 heteroatoms. The number of carbonyl (C=O) groups excluding carboxylic acids is 1. The van der Waals surface area contributed by atoms with E-state index in [-0.39, 0.29) is 17.5 Å². The Labute approximate surface area is 156 Å². The highest BCUT2D eigenvalue weighted by atomic mass is 32.2. The molecule has 3 rings (SSSR count). The van der Waals surface area contributed by atoms with E-state index in [0.717, 1.165) is 16.8 Å². The van der Waals surface area contributed by atoms with Crippen molar-refractivity contribution < 1.29 is 9.18 Å². The third kappa shape index (κ3) is 4.58.